The molecule has 2 rings (SSSR count). The number of hydrogen-bond acceptors (Lipinski definition) is 2. The Labute approximate surface area is 89.9 Å². The Balaban J connectivity index is 2.12. The summed E-state index contributed by atoms with van der Waals surface area (Å²) in [4.78, 5) is 11.9. The van der Waals surface area contributed by atoms with Gasteiger partial charge in [0.25, 0.3) is 5.91 Å². The highest BCUT2D eigenvalue weighted by Crippen LogP contribution is 2.10. The van der Waals surface area contributed by atoms with Gasteiger partial charge in [-0.25, -0.2) is 0 Å². The van der Waals surface area contributed by atoms with E-state index in [1.165, 1.54) is 0 Å². The molecule has 0 spiro atoms. The molecule has 0 saturated carbocycles. The third kappa shape index (κ3) is 2.18. The maximum absolute atomic E-state index is 11.9. The minimum atomic E-state index is 0.0442. The normalized spacial score (nSPS) is 15.9. The summed E-state index contributed by atoms with van der Waals surface area (Å²) >= 11 is 0. The molecule has 1 amide bonds. The van der Waals surface area contributed by atoms with Gasteiger partial charge in [-0.05, 0) is 25.5 Å². The molecule has 0 radical (unpaired) electrons. The zero-order valence-electron chi connectivity index (χ0n) is 9.13. The number of carbonyl (C=O) groups is 1. The van der Waals surface area contributed by atoms with E-state index in [2.05, 4.69) is 10.6 Å². The van der Waals surface area contributed by atoms with Gasteiger partial charge in [0, 0.05) is 18.7 Å². The van der Waals surface area contributed by atoms with E-state index in [4.69, 9.17) is 0 Å². The molecular formula is C12H16N2O. The maximum atomic E-state index is 11.9. The first-order chi connectivity index (χ1) is 7.16. The Morgan fingerprint density at radius 1 is 1.40 bits per heavy atom. The average Bonchev–Trinajstić information content (AvgIpc) is 2.15. The molecule has 1 heterocycles. The molecule has 2 N–H and O–H groups in total. The number of carbonyl (C=O) groups excluding carboxylic acids is 1. The Bertz CT molecular complexity index is 383. The van der Waals surface area contributed by atoms with Crippen LogP contribution in [0.3, 0.4) is 0 Å². The molecule has 1 aliphatic rings. The van der Waals surface area contributed by atoms with E-state index < -0.39 is 0 Å². The fraction of sp³-hybridized carbons (Fsp3) is 0.417. The van der Waals surface area contributed by atoms with Crippen molar-refractivity contribution in [2.24, 2.45) is 0 Å². The number of nitrogens with one attached hydrogen (secondary N) is 2. The maximum Gasteiger partial charge on any atom is 0.251 e. The quantitative estimate of drug-likeness (QED) is 0.754. The lowest BCUT2D eigenvalue weighted by Gasteiger charge is -2.28. The zero-order valence-corrected chi connectivity index (χ0v) is 9.13. The Morgan fingerprint density at radius 3 is 2.73 bits per heavy atom. The van der Waals surface area contributed by atoms with Crippen LogP contribution in [0.2, 0.25) is 0 Å². The summed E-state index contributed by atoms with van der Waals surface area (Å²) in [6.45, 7) is 5.74. The van der Waals surface area contributed by atoms with Crippen LogP contribution in [-0.4, -0.2) is 25.0 Å². The van der Waals surface area contributed by atoms with E-state index in [9.17, 15) is 4.79 Å². The second-order valence-corrected chi connectivity index (χ2v) is 4.15. The minimum absolute atomic E-state index is 0.0442. The third-order valence-electron chi connectivity index (χ3n) is 2.75. The number of benzene rings is 1. The van der Waals surface area contributed by atoms with Crippen LogP contribution in [0.5, 0.6) is 0 Å². The highest BCUT2D eigenvalue weighted by Gasteiger charge is 2.20. The minimum Gasteiger partial charge on any atom is -0.347 e. The molecule has 0 aliphatic carbocycles. The van der Waals surface area contributed by atoms with Gasteiger partial charge in [0.1, 0.15) is 0 Å². The summed E-state index contributed by atoms with van der Waals surface area (Å²) in [7, 11) is 0. The zero-order chi connectivity index (χ0) is 10.8. The SMILES string of the molecule is Cc1ccc(C)c(C(=O)NC2CNC2)c1. The molecule has 0 aromatic heterocycles. The van der Waals surface area contributed by atoms with Crippen molar-refractivity contribution in [3.05, 3.63) is 34.9 Å². The topological polar surface area (TPSA) is 41.1 Å². The summed E-state index contributed by atoms with van der Waals surface area (Å²) in [5.41, 5.74) is 2.95. The number of hydrogen-bond donors (Lipinski definition) is 2. The fourth-order valence-electron chi connectivity index (χ4n) is 1.63. The van der Waals surface area contributed by atoms with Crippen molar-refractivity contribution in [2.45, 2.75) is 19.9 Å². The lowest BCUT2D eigenvalue weighted by molar-refractivity contribution is 0.0923. The van der Waals surface area contributed by atoms with Gasteiger partial charge in [0.2, 0.25) is 0 Å². The second-order valence-electron chi connectivity index (χ2n) is 4.15. The molecule has 3 nitrogen and oxygen atoms in total. The second kappa shape index (κ2) is 4.03. The third-order valence-corrected chi connectivity index (χ3v) is 2.75. The fourth-order valence-corrected chi connectivity index (χ4v) is 1.63. The van der Waals surface area contributed by atoms with Crippen LogP contribution in [0.1, 0.15) is 21.5 Å². The summed E-state index contributed by atoms with van der Waals surface area (Å²) in [6, 6.07) is 6.26. The predicted octanol–water partition coefficient (Wildman–Crippen LogP) is 1.01. The van der Waals surface area contributed by atoms with Gasteiger partial charge in [-0.15, -0.1) is 0 Å². The molecular weight excluding hydrogens is 188 g/mol. The van der Waals surface area contributed by atoms with Gasteiger partial charge >= 0.3 is 0 Å². The molecule has 1 aromatic carbocycles. The Morgan fingerprint density at radius 2 is 2.13 bits per heavy atom. The molecule has 0 bridgehead atoms. The van der Waals surface area contributed by atoms with Crippen LogP contribution in [-0.2, 0) is 0 Å². The number of amides is 1. The van der Waals surface area contributed by atoms with Gasteiger partial charge in [-0.3, -0.25) is 4.79 Å². The van der Waals surface area contributed by atoms with E-state index in [-0.39, 0.29) is 5.91 Å². The summed E-state index contributed by atoms with van der Waals surface area (Å²) in [5.74, 6) is 0.0442. The van der Waals surface area contributed by atoms with Crippen LogP contribution in [0.15, 0.2) is 18.2 Å². The first-order valence-electron chi connectivity index (χ1n) is 5.25. The van der Waals surface area contributed by atoms with E-state index in [0.717, 1.165) is 29.8 Å². The van der Waals surface area contributed by atoms with Crippen molar-refractivity contribution >= 4 is 5.91 Å². The van der Waals surface area contributed by atoms with E-state index in [1.807, 2.05) is 32.0 Å². The van der Waals surface area contributed by atoms with Gasteiger partial charge in [0.15, 0.2) is 0 Å². The Kier molecular flexibility index (Phi) is 2.73. The summed E-state index contributed by atoms with van der Waals surface area (Å²) in [5, 5.41) is 6.13. The molecule has 15 heavy (non-hydrogen) atoms. The van der Waals surface area contributed by atoms with Crippen molar-refractivity contribution in [1.82, 2.24) is 10.6 Å². The highest BCUT2D eigenvalue weighted by molar-refractivity contribution is 5.96. The van der Waals surface area contributed by atoms with Crippen molar-refractivity contribution in [2.75, 3.05) is 13.1 Å². The van der Waals surface area contributed by atoms with Crippen molar-refractivity contribution in [3.63, 3.8) is 0 Å². The molecule has 1 aromatic rings. The molecule has 0 unspecified atom stereocenters. The summed E-state index contributed by atoms with van der Waals surface area (Å²) in [6.07, 6.45) is 0. The number of rotatable bonds is 2. The van der Waals surface area contributed by atoms with Crippen LogP contribution >= 0.6 is 0 Å². The first-order valence-corrected chi connectivity index (χ1v) is 5.25. The lowest BCUT2D eigenvalue weighted by atomic mass is 10.0. The lowest BCUT2D eigenvalue weighted by Crippen LogP contribution is -2.57. The Hall–Kier alpha value is -1.35. The molecule has 1 fully saturated rings. The molecule has 1 saturated heterocycles. The van der Waals surface area contributed by atoms with Crippen molar-refractivity contribution in [3.8, 4) is 0 Å². The monoisotopic (exact) mass is 204 g/mol. The molecule has 0 atom stereocenters. The van der Waals surface area contributed by atoms with Gasteiger partial charge in [-0.2, -0.15) is 0 Å². The van der Waals surface area contributed by atoms with Crippen molar-refractivity contribution < 1.29 is 4.79 Å². The largest absolute Gasteiger partial charge is 0.347 e. The predicted molar refractivity (Wildman–Crippen MR) is 60.0 cm³/mol. The van der Waals surface area contributed by atoms with E-state index in [1.54, 1.807) is 0 Å². The average molecular weight is 204 g/mol. The van der Waals surface area contributed by atoms with Crippen LogP contribution < -0.4 is 10.6 Å². The standard InChI is InChI=1S/C12H16N2O/c1-8-3-4-9(2)11(5-8)12(15)14-10-6-13-7-10/h3-5,10,13H,6-7H2,1-2H3,(H,14,15). The van der Waals surface area contributed by atoms with E-state index in [0.29, 0.717) is 6.04 Å². The highest BCUT2D eigenvalue weighted by atomic mass is 16.1. The molecule has 3 heteroatoms. The van der Waals surface area contributed by atoms with Crippen LogP contribution in [0, 0.1) is 13.8 Å². The van der Waals surface area contributed by atoms with Gasteiger partial charge < -0.3 is 10.6 Å². The van der Waals surface area contributed by atoms with Crippen LogP contribution in [0.4, 0.5) is 0 Å². The van der Waals surface area contributed by atoms with Gasteiger partial charge in [-0.1, -0.05) is 17.7 Å². The first kappa shape index (κ1) is 10.2. The summed E-state index contributed by atoms with van der Waals surface area (Å²) < 4.78 is 0. The van der Waals surface area contributed by atoms with Crippen LogP contribution in [0.25, 0.3) is 0 Å². The van der Waals surface area contributed by atoms with Crippen molar-refractivity contribution in [1.29, 1.82) is 0 Å². The molecule has 1 aliphatic heterocycles. The van der Waals surface area contributed by atoms with Gasteiger partial charge in [0.05, 0.1) is 6.04 Å². The smallest absolute Gasteiger partial charge is 0.251 e. The molecule has 80 valence electrons. The number of aryl methyl sites for hydroxylation is 2. The van der Waals surface area contributed by atoms with E-state index >= 15 is 0 Å².